The third kappa shape index (κ3) is 1.69. The normalized spacial score (nSPS) is 24.1. The summed E-state index contributed by atoms with van der Waals surface area (Å²) in [5, 5.41) is 3.22. The van der Waals surface area contributed by atoms with Gasteiger partial charge in [0.05, 0.1) is 0 Å². The second kappa shape index (κ2) is 3.40. The van der Waals surface area contributed by atoms with Crippen molar-refractivity contribution >= 4 is 18.1 Å². The van der Waals surface area contributed by atoms with Crippen molar-refractivity contribution in [1.82, 2.24) is 0 Å². The highest BCUT2D eigenvalue weighted by Gasteiger charge is 2.28. The molecule has 70 valence electrons. The Morgan fingerprint density at radius 1 is 1.46 bits per heavy atom. The number of benzene rings is 1. The molecule has 0 spiro atoms. The average Bonchev–Trinajstić information content (AvgIpc) is 2.42. The molecule has 1 unspecified atom stereocenters. The van der Waals surface area contributed by atoms with Gasteiger partial charge in [-0.05, 0) is 11.6 Å². The van der Waals surface area contributed by atoms with Gasteiger partial charge < -0.3 is 11.1 Å². The van der Waals surface area contributed by atoms with E-state index in [2.05, 4.69) is 18.0 Å². The van der Waals surface area contributed by atoms with E-state index in [4.69, 9.17) is 5.73 Å². The number of halogens is 1. The molecule has 13 heavy (non-hydrogen) atoms. The van der Waals surface area contributed by atoms with E-state index in [1.165, 1.54) is 5.56 Å². The first-order chi connectivity index (χ1) is 5.73. The first-order valence-electron chi connectivity index (χ1n) is 4.02. The molecular weight excluding hydrogens is 184 g/mol. The minimum atomic E-state index is -0.441. The molecule has 0 aromatic heterocycles. The first kappa shape index (κ1) is 10.1. The number of hydrogen-bond acceptors (Lipinski definition) is 2. The largest absolute Gasteiger partial charge is 0.364 e. The fraction of sp³-hybridized carbons (Fsp3) is 0.200. The molecule has 1 aromatic rings. The minimum absolute atomic E-state index is 0. The number of para-hydroxylation sites is 1. The fourth-order valence-corrected chi connectivity index (χ4v) is 1.53. The topological polar surface area (TPSA) is 38.0 Å². The Morgan fingerprint density at radius 2 is 2.15 bits per heavy atom. The molecule has 0 saturated heterocycles. The average molecular weight is 197 g/mol. The zero-order valence-corrected chi connectivity index (χ0v) is 8.10. The number of hydrogen-bond donors (Lipinski definition) is 2. The maximum Gasteiger partial charge on any atom is 0.109 e. The van der Waals surface area contributed by atoms with Crippen molar-refractivity contribution in [2.45, 2.75) is 12.1 Å². The molecule has 2 rings (SSSR count). The van der Waals surface area contributed by atoms with Crippen LogP contribution in [-0.2, 0) is 6.42 Å². The molecule has 0 radical (unpaired) electrons. The number of rotatable bonds is 1. The summed E-state index contributed by atoms with van der Waals surface area (Å²) in [5.74, 6) is 0. The lowest BCUT2D eigenvalue weighted by Gasteiger charge is -2.19. The van der Waals surface area contributed by atoms with Gasteiger partial charge >= 0.3 is 0 Å². The van der Waals surface area contributed by atoms with Gasteiger partial charge in [0.1, 0.15) is 5.66 Å². The van der Waals surface area contributed by atoms with Crippen molar-refractivity contribution in [2.75, 3.05) is 5.32 Å². The van der Waals surface area contributed by atoms with Crippen LogP contribution in [0.15, 0.2) is 36.9 Å². The van der Waals surface area contributed by atoms with E-state index < -0.39 is 5.66 Å². The van der Waals surface area contributed by atoms with Gasteiger partial charge in [-0.2, -0.15) is 0 Å². The molecule has 3 N–H and O–H groups in total. The van der Waals surface area contributed by atoms with Crippen molar-refractivity contribution in [1.29, 1.82) is 0 Å². The SMILES string of the molecule is C=CC1(N)Cc2ccccc2N1.Cl. The zero-order chi connectivity index (χ0) is 8.60. The van der Waals surface area contributed by atoms with Crippen molar-refractivity contribution < 1.29 is 0 Å². The lowest BCUT2D eigenvalue weighted by atomic mass is 10.1. The standard InChI is InChI=1S/C10H12N2.ClH/c1-2-10(11)7-8-5-3-4-6-9(8)12-10;/h2-6,12H,1,7,11H2;1H. The summed E-state index contributed by atoms with van der Waals surface area (Å²) >= 11 is 0. The molecule has 1 heterocycles. The molecule has 3 heteroatoms. The lowest BCUT2D eigenvalue weighted by Crippen LogP contribution is -2.43. The third-order valence-electron chi connectivity index (χ3n) is 2.23. The smallest absolute Gasteiger partial charge is 0.109 e. The van der Waals surface area contributed by atoms with E-state index in [9.17, 15) is 0 Å². The molecule has 0 saturated carbocycles. The van der Waals surface area contributed by atoms with Crippen LogP contribution in [0.1, 0.15) is 5.56 Å². The van der Waals surface area contributed by atoms with E-state index in [0.29, 0.717) is 0 Å². The highest BCUT2D eigenvalue weighted by atomic mass is 35.5. The van der Waals surface area contributed by atoms with Crippen LogP contribution in [0, 0.1) is 0 Å². The van der Waals surface area contributed by atoms with Crippen LogP contribution in [-0.4, -0.2) is 5.66 Å². The van der Waals surface area contributed by atoms with Crippen molar-refractivity contribution in [3.63, 3.8) is 0 Å². The van der Waals surface area contributed by atoms with Crippen molar-refractivity contribution in [3.05, 3.63) is 42.5 Å². The van der Waals surface area contributed by atoms with E-state index in [1.807, 2.05) is 18.2 Å². The van der Waals surface area contributed by atoms with Crippen LogP contribution in [0.5, 0.6) is 0 Å². The van der Waals surface area contributed by atoms with Gasteiger partial charge in [-0.1, -0.05) is 30.9 Å². The Labute approximate surface area is 84.2 Å². The van der Waals surface area contributed by atoms with Crippen LogP contribution in [0.2, 0.25) is 0 Å². The van der Waals surface area contributed by atoms with Crippen LogP contribution in [0.3, 0.4) is 0 Å². The fourth-order valence-electron chi connectivity index (χ4n) is 1.53. The summed E-state index contributed by atoms with van der Waals surface area (Å²) in [5.41, 5.74) is 7.93. The number of anilines is 1. The second-order valence-corrected chi connectivity index (χ2v) is 3.20. The molecule has 2 nitrogen and oxygen atoms in total. The molecule has 0 amide bonds. The molecule has 0 fully saturated rings. The second-order valence-electron chi connectivity index (χ2n) is 3.20. The molecule has 0 aliphatic carbocycles. The summed E-state index contributed by atoms with van der Waals surface area (Å²) in [6.07, 6.45) is 2.58. The van der Waals surface area contributed by atoms with Crippen molar-refractivity contribution in [3.8, 4) is 0 Å². The summed E-state index contributed by atoms with van der Waals surface area (Å²) in [7, 11) is 0. The Bertz CT molecular complexity index is 297. The predicted molar refractivity (Wildman–Crippen MR) is 58.1 cm³/mol. The summed E-state index contributed by atoms with van der Waals surface area (Å²) in [6, 6.07) is 8.14. The van der Waals surface area contributed by atoms with Gasteiger partial charge in [-0.25, -0.2) is 0 Å². The zero-order valence-electron chi connectivity index (χ0n) is 7.29. The molecular formula is C10H13ClN2. The van der Waals surface area contributed by atoms with Crippen LogP contribution >= 0.6 is 12.4 Å². The van der Waals surface area contributed by atoms with Gasteiger partial charge in [0.15, 0.2) is 0 Å². The van der Waals surface area contributed by atoms with Gasteiger partial charge in [0.2, 0.25) is 0 Å². The van der Waals surface area contributed by atoms with E-state index >= 15 is 0 Å². The first-order valence-corrected chi connectivity index (χ1v) is 4.02. The Morgan fingerprint density at radius 3 is 2.77 bits per heavy atom. The molecule has 1 aromatic carbocycles. The maximum atomic E-state index is 5.98. The lowest BCUT2D eigenvalue weighted by molar-refractivity contribution is 0.632. The highest BCUT2D eigenvalue weighted by molar-refractivity contribution is 5.85. The summed E-state index contributed by atoms with van der Waals surface area (Å²) in [4.78, 5) is 0. The van der Waals surface area contributed by atoms with Crippen LogP contribution in [0.25, 0.3) is 0 Å². The highest BCUT2D eigenvalue weighted by Crippen LogP contribution is 2.29. The third-order valence-corrected chi connectivity index (χ3v) is 2.23. The van der Waals surface area contributed by atoms with Gasteiger partial charge in [-0.15, -0.1) is 12.4 Å². The number of nitrogens with one attached hydrogen (secondary N) is 1. The van der Waals surface area contributed by atoms with E-state index in [1.54, 1.807) is 6.08 Å². The molecule has 0 bridgehead atoms. The summed E-state index contributed by atoms with van der Waals surface area (Å²) in [6.45, 7) is 3.71. The van der Waals surface area contributed by atoms with Crippen molar-refractivity contribution in [2.24, 2.45) is 5.73 Å². The Balaban J connectivity index is 0.000000845. The van der Waals surface area contributed by atoms with Crippen LogP contribution in [0.4, 0.5) is 5.69 Å². The number of fused-ring (bicyclic) bond motifs is 1. The van der Waals surface area contributed by atoms with Gasteiger partial charge in [-0.3, -0.25) is 0 Å². The maximum absolute atomic E-state index is 5.98. The summed E-state index contributed by atoms with van der Waals surface area (Å²) < 4.78 is 0. The van der Waals surface area contributed by atoms with Crippen LogP contribution < -0.4 is 11.1 Å². The van der Waals surface area contributed by atoms with Gasteiger partial charge in [0, 0.05) is 12.1 Å². The van der Waals surface area contributed by atoms with E-state index in [-0.39, 0.29) is 12.4 Å². The molecule has 1 atom stereocenters. The molecule has 1 aliphatic heterocycles. The van der Waals surface area contributed by atoms with E-state index in [0.717, 1.165) is 12.1 Å². The molecule has 1 aliphatic rings. The minimum Gasteiger partial charge on any atom is -0.364 e. The van der Waals surface area contributed by atoms with Gasteiger partial charge in [0.25, 0.3) is 0 Å². The Hall–Kier alpha value is -0.990. The predicted octanol–water partition coefficient (Wildman–Crippen LogP) is 1.92. The number of nitrogens with two attached hydrogens (primary N) is 1. The monoisotopic (exact) mass is 196 g/mol. The Kier molecular flexibility index (Phi) is 2.64. The quantitative estimate of drug-likeness (QED) is 0.674.